The Morgan fingerprint density at radius 3 is 2.20 bits per heavy atom. The second-order valence-corrected chi connectivity index (χ2v) is 12.3. The van der Waals surface area contributed by atoms with E-state index in [1.165, 1.54) is 48.4 Å². The molecule has 3 rings (SSSR count). The molecule has 0 saturated heterocycles. The number of ether oxygens (including phenoxy) is 1. The molecule has 0 spiro atoms. The fraction of sp³-hybridized carbons (Fsp3) is 0.310. The summed E-state index contributed by atoms with van der Waals surface area (Å²) in [7, 11) is -2.79. The van der Waals surface area contributed by atoms with Gasteiger partial charge in [-0.05, 0) is 67.9 Å². The second-order valence-electron chi connectivity index (χ2n) is 9.21. The van der Waals surface area contributed by atoms with Crippen molar-refractivity contribution in [3.8, 4) is 5.75 Å². The number of amides is 2. The number of halogens is 3. The first-order chi connectivity index (χ1) is 19.5. The number of rotatable bonds is 13. The fourth-order valence-electron chi connectivity index (χ4n) is 4.01. The van der Waals surface area contributed by atoms with Gasteiger partial charge in [0.1, 0.15) is 18.3 Å². The minimum Gasteiger partial charge on any atom is -0.497 e. The van der Waals surface area contributed by atoms with E-state index in [9.17, 15) is 18.0 Å². The van der Waals surface area contributed by atoms with E-state index in [2.05, 4.69) is 5.32 Å². The minimum atomic E-state index is -4.26. The van der Waals surface area contributed by atoms with Crippen molar-refractivity contribution in [2.75, 3.05) is 24.5 Å². The predicted octanol–water partition coefficient (Wildman–Crippen LogP) is 6.18. The Hall–Kier alpha value is -2.98. The first kappa shape index (κ1) is 32.5. The molecule has 0 radical (unpaired) electrons. The lowest BCUT2D eigenvalue weighted by molar-refractivity contribution is -0.139. The van der Waals surface area contributed by atoms with E-state index in [0.717, 1.165) is 17.1 Å². The molecule has 0 bridgehead atoms. The Morgan fingerprint density at radius 2 is 1.61 bits per heavy atom. The summed E-state index contributed by atoms with van der Waals surface area (Å²) < 4.78 is 33.9. The average molecular weight is 641 g/mol. The maximum atomic E-state index is 14.0. The van der Waals surface area contributed by atoms with E-state index < -0.39 is 28.5 Å². The summed E-state index contributed by atoms with van der Waals surface area (Å²) >= 11 is 19.0. The molecule has 3 aromatic rings. The molecule has 0 aliphatic rings. The number of nitrogens with zero attached hydrogens (tertiary/aromatic N) is 2. The van der Waals surface area contributed by atoms with Gasteiger partial charge in [0.2, 0.25) is 11.8 Å². The third-order valence-corrected chi connectivity index (χ3v) is 9.14. The minimum absolute atomic E-state index is 0.0582. The van der Waals surface area contributed by atoms with E-state index in [0.29, 0.717) is 27.9 Å². The van der Waals surface area contributed by atoms with Gasteiger partial charge in [0.05, 0.1) is 17.7 Å². The van der Waals surface area contributed by atoms with Crippen molar-refractivity contribution in [2.45, 2.75) is 44.2 Å². The van der Waals surface area contributed by atoms with Gasteiger partial charge in [-0.15, -0.1) is 0 Å². The molecule has 1 N–H and O–H groups in total. The number of unbranched alkanes of at least 4 members (excludes halogenated alkanes) is 1. The molecule has 41 heavy (non-hydrogen) atoms. The van der Waals surface area contributed by atoms with Crippen molar-refractivity contribution < 1.29 is 22.7 Å². The summed E-state index contributed by atoms with van der Waals surface area (Å²) in [5.41, 5.74) is 0.613. The van der Waals surface area contributed by atoms with Crippen LogP contribution < -0.4 is 14.4 Å². The molecule has 0 heterocycles. The Bertz CT molecular complexity index is 1450. The van der Waals surface area contributed by atoms with E-state index in [1.807, 2.05) is 6.92 Å². The first-order valence-electron chi connectivity index (χ1n) is 12.9. The molecule has 0 saturated carbocycles. The highest BCUT2D eigenvalue weighted by molar-refractivity contribution is 7.92. The van der Waals surface area contributed by atoms with E-state index in [1.54, 1.807) is 37.3 Å². The van der Waals surface area contributed by atoms with E-state index >= 15 is 0 Å². The van der Waals surface area contributed by atoms with Gasteiger partial charge in [-0.1, -0.05) is 60.3 Å². The maximum absolute atomic E-state index is 14.0. The Morgan fingerprint density at radius 1 is 0.976 bits per heavy atom. The summed E-state index contributed by atoms with van der Waals surface area (Å²) in [4.78, 5) is 28.3. The predicted molar refractivity (Wildman–Crippen MR) is 163 cm³/mol. The molecular weight excluding hydrogens is 609 g/mol. The third kappa shape index (κ3) is 8.29. The van der Waals surface area contributed by atoms with Crippen LogP contribution in [0.15, 0.2) is 71.6 Å². The summed E-state index contributed by atoms with van der Waals surface area (Å²) in [6.45, 7) is 3.27. The van der Waals surface area contributed by atoms with Crippen LogP contribution in [0, 0.1) is 0 Å². The SMILES string of the molecule is CCCCNC(=O)[C@@H](C)N(Cc1c(Cl)cccc1Cl)C(=O)CN(c1cccc(Cl)c1)S(=O)(=O)c1ccc(OC)cc1. The zero-order chi connectivity index (χ0) is 30.2. The van der Waals surface area contributed by atoms with Crippen LogP contribution in [0.2, 0.25) is 15.1 Å². The number of carbonyl (C=O) groups excluding carboxylic acids is 2. The standard InChI is InChI=1S/C29H32Cl3N3O5S/c1-4-5-16-33-29(37)20(2)34(18-25-26(31)10-7-11-27(25)32)28(36)19-35(22-9-6-8-21(30)17-22)41(38,39)24-14-12-23(40-3)13-15-24/h6-15,17,20H,4-5,16,18-19H2,1-3H3,(H,33,37)/t20-/m1/s1. The second kappa shape index (κ2) is 14.8. The number of hydrogen-bond acceptors (Lipinski definition) is 5. The average Bonchev–Trinajstić information content (AvgIpc) is 2.95. The van der Waals surface area contributed by atoms with E-state index in [4.69, 9.17) is 39.5 Å². The molecule has 8 nitrogen and oxygen atoms in total. The third-order valence-electron chi connectivity index (χ3n) is 6.41. The lowest BCUT2D eigenvalue weighted by Gasteiger charge is -2.32. The molecule has 0 fully saturated rings. The summed E-state index contributed by atoms with van der Waals surface area (Å²) in [5, 5.41) is 3.74. The van der Waals surface area contributed by atoms with Gasteiger partial charge in [-0.25, -0.2) is 8.42 Å². The normalized spacial score (nSPS) is 12.0. The molecule has 0 aromatic heterocycles. The number of carbonyl (C=O) groups is 2. The van der Waals surface area contributed by atoms with Crippen LogP contribution in [0.25, 0.3) is 0 Å². The van der Waals surface area contributed by atoms with Gasteiger partial charge in [0.25, 0.3) is 10.0 Å². The Balaban J connectivity index is 2.04. The topological polar surface area (TPSA) is 96.0 Å². The lowest BCUT2D eigenvalue weighted by atomic mass is 10.1. The monoisotopic (exact) mass is 639 g/mol. The van der Waals surface area contributed by atoms with Crippen LogP contribution in [0.5, 0.6) is 5.75 Å². The van der Waals surface area contributed by atoms with Crippen LogP contribution in [-0.4, -0.2) is 51.4 Å². The van der Waals surface area contributed by atoms with Gasteiger partial charge in [-0.2, -0.15) is 0 Å². The Labute approximate surface area is 256 Å². The summed E-state index contributed by atoms with van der Waals surface area (Å²) in [6.07, 6.45) is 1.65. The number of sulfonamides is 1. The summed E-state index contributed by atoms with van der Waals surface area (Å²) in [5.74, 6) is -0.557. The van der Waals surface area contributed by atoms with Crippen molar-refractivity contribution in [3.63, 3.8) is 0 Å². The van der Waals surface area contributed by atoms with Crippen molar-refractivity contribution in [2.24, 2.45) is 0 Å². The highest BCUT2D eigenvalue weighted by Gasteiger charge is 2.33. The number of methoxy groups -OCH3 is 1. The van der Waals surface area contributed by atoms with Crippen LogP contribution in [-0.2, 0) is 26.2 Å². The zero-order valence-corrected chi connectivity index (χ0v) is 26.0. The molecule has 0 aliphatic carbocycles. The maximum Gasteiger partial charge on any atom is 0.264 e. The van der Waals surface area contributed by atoms with Crippen LogP contribution in [0.3, 0.4) is 0 Å². The van der Waals surface area contributed by atoms with Crippen molar-refractivity contribution in [1.29, 1.82) is 0 Å². The number of benzene rings is 3. The lowest BCUT2D eigenvalue weighted by Crippen LogP contribution is -2.51. The largest absolute Gasteiger partial charge is 0.497 e. The quantitative estimate of drug-likeness (QED) is 0.225. The van der Waals surface area contributed by atoms with Gasteiger partial charge >= 0.3 is 0 Å². The van der Waals surface area contributed by atoms with Crippen LogP contribution in [0.4, 0.5) is 5.69 Å². The highest BCUT2D eigenvalue weighted by atomic mass is 35.5. The molecule has 2 amide bonds. The highest BCUT2D eigenvalue weighted by Crippen LogP contribution is 2.29. The van der Waals surface area contributed by atoms with Crippen LogP contribution in [0.1, 0.15) is 32.3 Å². The molecular formula is C29H32Cl3N3O5S. The molecule has 0 aliphatic heterocycles. The van der Waals surface area contributed by atoms with Gasteiger partial charge in [0.15, 0.2) is 0 Å². The van der Waals surface area contributed by atoms with Crippen molar-refractivity contribution >= 4 is 62.3 Å². The van der Waals surface area contributed by atoms with Crippen molar-refractivity contribution in [3.05, 3.63) is 87.4 Å². The molecule has 1 atom stereocenters. The van der Waals surface area contributed by atoms with Gasteiger partial charge in [-0.3, -0.25) is 13.9 Å². The molecule has 12 heteroatoms. The molecule has 0 unspecified atom stereocenters. The zero-order valence-electron chi connectivity index (χ0n) is 22.9. The van der Waals surface area contributed by atoms with E-state index in [-0.39, 0.29) is 28.1 Å². The number of anilines is 1. The van der Waals surface area contributed by atoms with Gasteiger partial charge < -0.3 is 15.0 Å². The van der Waals surface area contributed by atoms with Crippen LogP contribution >= 0.6 is 34.8 Å². The smallest absolute Gasteiger partial charge is 0.264 e. The Kier molecular flexibility index (Phi) is 11.7. The van der Waals surface area contributed by atoms with Crippen molar-refractivity contribution in [1.82, 2.24) is 10.2 Å². The number of hydrogen-bond donors (Lipinski definition) is 1. The van der Waals surface area contributed by atoms with Gasteiger partial charge in [0, 0.05) is 33.7 Å². The first-order valence-corrected chi connectivity index (χ1v) is 15.5. The summed E-state index contributed by atoms with van der Waals surface area (Å²) in [6, 6.07) is 15.9. The molecule has 220 valence electrons. The molecule has 3 aromatic carbocycles. The number of nitrogens with one attached hydrogen (secondary N) is 1. The fourth-order valence-corrected chi connectivity index (χ4v) is 6.11.